The Bertz CT molecular complexity index is 937. The Hall–Kier alpha value is -2.27. The van der Waals surface area contributed by atoms with Crippen molar-refractivity contribution in [3.8, 4) is 0 Å². The van der Waals surface area contributed by atoms with E-state index in [2.05, 4.69) is 20.9 Å². The zero-order valence-corrected chi connectivity index (χ0v) is 16.5. The Morgan fingerprint density at radius 2 is 1.82 bits per heavy atom. The molecule has 1 aromatic carbocycles. The fourth-order valence-corrected chi connectivity index (χ4v) is 5.28. The summed E-state index contributed by atoms with van der Waals surface area (Å²) >= 11 is 0. The molecule has 4 rings (SSSR count). The van der Waals surface area contributed by atoms with Gasteiger partial charge in [0, 0.05) is 51.9 Å². The Kier molecular flexibility index (Phi) is 5.19. The first-order valence-electron chi connectivity index (χ1n) is 9.27. The van der Waals surface area contributed by atoms with Gasteiger partial charge in [0.2, 0.25) is 15.9 Å². The molecule has 2 atom stereocenters. The normalized spacial score (nSPS) is 24.8. The number of nitrogens with zero attached hydrogens (tertiary/aromatic N) is 4. The summed E-state index contributed by atoms with van der Waals surface area (Å²) in [6, 6.07) is 9.91. The fraction of sp³-hybridized carbons (Fsp3) is 0.444. The molecular formula is C18H24N6O3S. The summed E-state index contributed by atoms with van der Waals surface area (Å²) in [5, 5.41) is 3.97. The van der Waals surface area contributed by atoms with Crippen LogP contribution in [0.2, 0.25) is 0 Å². The third-order valence-electron chi connectivity index (χ3n) is 5.37. The van der Waals surface area contributed by atoms with E-state index in [9.17, 15) is 13.2 Å². The van der Waals surface area contributed by atoms with Crippen LogP contribution in [0.3, 0.4) is 0 Å². The van der Waals surface area contributed by atoms with E-state index in [1.807, 2.05) is 30.3 Å². The van der Waals surface area contributed by atoms with Gasteiger partial charge < -0.3 is 0 Å². The zero-order chi connectivity index (χ0) is 19.7. The van der Waals surface area contributed by atoms with Crippen LogP contribution in [-0.4, -0.2) is 65.5 Å². The number of carbonyl (C=O) groups excluding carboxylic acids is 1. The van der Waals surface area contributed by atoms with Gasteiger partial charge in [-0.15, -0.1) is 0 Å². The summed E-state index contributed by atoms with van der Waals surface area (Å²) in [6.45, 7) is 1.92. The van der Waals surface area contributed by atoms with Gasteiger partial charge in [-0.05, 0) is 5.56 Å². The molecule has 0 spiro atoms. The molecule has 9 nitrogen and oxygen atoms in total. The van der Waals surface area contributed by atoms with Gasteiger partial charge in [-0.25, -0.2) is 13.8 Å². The molecule has 0 saturated carbocycles. The smallest absolute Gasteiger partial charge is 0.246 e. The highest BCUT2D eigenvalue weighted by molar-refractivity contribution is 7.89. The van der Waals surface area contributed by atoms with Crippen LogP contribution in [0.1, 0.15) is 18.0 Å². The molecule has 10 heteroatoms. The third-order valence-corrected chi connectivity index (χ3v) is 7.22. The number of rotatable bonds is 4. The topological polar surface area (TPSA) is 99.6 Å². The predicted octanol–water partition coefficient (Wildman–Crippen LogP) is -0.139. The molecule has 0 radical (unpaired) electrons. The highest BCUT2D eigenvalue weighted by atomic mass is 32.2. The largest absolute Gasteiger partial charge is 0.295 e. The second-order valence-corrected chi connectivity index (χ2v) is 9.08. The van der Waals surface area contributed by atoms with E-state index >= 15 is 0 Å². The molecule has 2 saturated heterocycles. The second-order valence-electron chi connectivity index (χ2n) is 7.14. The molecule has 1 aromatic heterocycles. The van der Waals surface area contributed by atoms with Crippen molar-refractivity contribution < 1.29 is 13.2 Å². The summed E-state index contributed by atoms with van der Waals surface area (Å²) in [5.74, 6) is -0.0532. The molecular weight excluding hydrogens is 380 g/mol. The van der Waals surface area contributed by atoms with Crippen LogP contribution in [0.15, 0.2) is 47.6 Å². The fourth-order valence-electron chi connectivity index (χ4n) is 3.88. The van der Waals surface area contributed by atoms with Gasteiger partial charge in [0.25, 0.3) is 0 Å². The molecule has 2 unspecified atom stereocenters. The maximum atomic E-state index is 12.8. The number of amides is 1. The maximum Gasteiger partial charge on any atom is 0.246 e. The standard InChI is InChI=1S/C18H24N6O3S/c1-22-13-15(12-19-22)28(26,27)24-9-7-23(8-10-24)16-11-17(25)20-21-18(16)14-5-3-2-4-6-14/h2-6,12-13,16,18,21H,7-11H2,1H3,(H,20,25). The minimum atomic E-state index is -3.54. The number of carbonyl (C=O) groups is 1. The van der Waals surface area contributed by atoms with E-state index < -0.39 is 10.0 Å². The first kappa shape index (κ1) is 19.1. The molecule has 2 aromatic rings. The van der Waals surface area contributed by atoms with E-state index in [1.165, 1.54) is 21.4 Å². The average Bonchev–Trinajstić information content (AvgIpc) is 3.16. The summed E-state index contributed by atoms with van der Waals surface area (Å²) in [7, 11) is -1.85. The van der Waals surface area contributed by atoms with Crippen LogP contribution in [0.5, 0.6) is 0 Å². The van der Waals surface area contributed by atoms with Crippen LogP contribution in [0, 0.1) is 0 Å². The van der Waals surface area contributed by atoms with Crippen molar-refractivity contribution in [3.05, 3.63) is 48.3 Å². The number of hydrazine groups is 1. The summed E-state index contributed by atoms with van der Waals surface area (Å²) in [4.78, 5) is 14.4. The number of aryl methyl sites for hydroxylation is 1. The average molecular weight is 404 g/mol. The predicted molar refractivity (Wildman–Crippen MR) is 102 cm³/mol. The van der Waals surface area contributed by atoms with Crippen molar-refractivity contribution in [1.82, 2.24) is 29.8 Å². The number of piperazine rings is 1. The monoisotopic (exact) mass is 404 g/mol. The van der Waals surface area contributed by atoms with Gasteiger partial charge in [0.1, 0.15) is 4.90 Å². The van der Waals surface area contributed by atoms with Crippen LogP contribution in [0.4, 0.5) is 0 Å². The summed E-state index contributed by atoms with van der Waals surface area (Å²) in [6.07, 6.45) is 3.27. The van der Waals surface area contributed by atoms with E-state index in [-0.39, 0.29) is 22.9 Å². The van der Waals surface area contributed by atoms with Gasteiger partial charge in [-0.3, -0.25) is 19.8 Å². The van der Waals surface area contributed by atoms with E-state index in [0.717, 1.165) is 5.56 Å². The molecule has 150 valence electrons. The van der Waals surface area contributed by atoms with Gasteiger partial charge >= 0.3 is 0 Å². The van der Waals surface area contributed by atoms with Gasteiger partial charge in [-0.2, -0.15) is 9.40 Å². The van der Waals surface area contributed by atoms with Crippen molar-refractivity contribution in [1.29, 1.82) is 0 Å². The number of aromatic nitrogens is 2. The number of benzene rings is 1. The van der Waals surface area contributed by atoms with Crippen molar-refractivity contribution in [2.75, 3.05) is 26.2 Å². The molecule has 0 bridgehead atoms. The Morgan fingerprint density at radius 1 is 1.11 bits per heavy atom. The molecule has 2 N–H and O–H groups in total. The lowest BCUT2D eigenvalue weighted by Gasteiger charge is -2.43. The van der Waals surface area contributed by atoms with Crippen molar-refractivity contribution >= 4 is 15.9 Å². The lowest BCUT2D eigenvalue weighted by molar-refractivity contribution is -0.127. The van der Waals surface area contributed by atoms with Crippen LogP contribution in [0.25, 0.3) is 0 Å². The summed E-state index contributed by atoms with van der Waals surface area (Å²) in [5.41, 5.74) is 6.94. The maximum absolute atomic E-state index is 12.8. The molecule has 2 fully saturated rings. The SMILES string of the molecule is Cn1cc(S(=O)(=O)N2CCN(C3CC(=O)NNC3c3ccccc3)CC2)cn1. The van der Waals surface area contributed by atoms with Crippen LogP contribution >= 0.6 is 0 Å². The second kappa shape index (κ2) is 7.63. The molecule has 0 aliphatic carbocycles. The zero-order valence-electron chi connectivity index (χ0n) is 15.7. The highest BCUT2D eigenvalue weighted by Gasteiger charge is 2.38. The molecule has 1 amide bonds. The first-order valence-corrected chi connectivity index (χ1v) is 10.7. The number of sulfonamides is 1. The lowest BCUT2D eigenvalue weighted by atomic mass is 9.94. The van der Waals surface area contributed by atoms with E-state index in [4.69, 9.17) is 0 Å². The number of nitrogens with one attached hydrogen (secondary N) is 2. The Morgan fingerprint density at radius 3 is 2.46 bits per heavy atom. The van der Waals surface area contributed by atoms with Crippen LogP contribution < -0.4 is 10.9 Å². The molecule has 3 heterocycles. The van der Waals surface area contributed by atoms with Gasteiger partial charge in [0.15, 0.2) is 0 Å². The lowest BCUT2D eigenvalue weighted by Crippen LogP contribution is -2.60. The Balaban J connectivity index is 1.48. The van der Waals surface area contributed by atoms with Gasteiger partial charge in [-0.1, -0.05) is 30.3 Å². The first-order chi connectivity index (χ1) is 13.4. The van der Waals surface area contributed by atoms with Crippen molar-refractivity contribution in [3.63, 3.8) is 0 Å². The van der Waals surface area contributed by atoms with E-state index in [1.54, 1.807) is 7.05 Å². The molecule has 2 aliphatic rings. The number of hydrogen-bond acceptors (Lipinski definition) is 6. The quantitative estimate of drug-likeness (QED) is 0.736. The highest BCUT2D eigenvalue weighted by Crippen LogP contribution is 2.27. The number of hydrogen-bond donors (Lipinski definition) is 2. The van der Waals surface area contributed by atoms with E-state index in [0.29, 0.717) is 32.6 Å². The van der Waals surface area contributed by atoms with Crippen molar-refractivity contribution in [2.24, 2.45) is 7.05 Å². The minimum absolute atomic E-state index is 0.0283. The van der Waals surface area contributed by atoms with Gasteiger partial charge in [0.05, 0.1) is 12.2 Å². The summed E-state index contributed by atoms with van der Waals surface area (Å²) < 4.78 is 28.6. The molecule has 2 aliphatic heterocycles. The van der Waals surface area contributed by atoms with Crippen molar-refractivity contribution in [2.45, 2.75) is 23.4 Å². The Labute approximate surface area is 164 Å². The minimum Gasteiger partial charge on any atom is -0.295 e. The molecule has 28 heavy (non-hydrogen) atoms. The third kappa shape index (κ3) is 3.68. The van der Waals surface area contributed by atoms with Crippen LogP contribution in [-0.2, 0) is 21.9 Å².